The normalized spacial score (nSPS) is 11.3. The van der Waals surface area contributed by atoms with Crippen molar-refractivity contribution in [2.24, 2.45) is 0 Å². The van der Waals surface area contributed by atoms with Gasteiger partial charge in [0.05, 0.1) is 4.90 Å². The van der Waals surface area contributed by atoms with Crippen LogP contribution in [0.25, 0.3) is 6.08 Å². The molecule has 9 heteroatoms. The summed E-state index contributed by atoms with van der Waals surface area (Å²) in [4.78, 5) is 12.2. The highest BCUT2D eigenvalue weighted by atomic mass is 35.5. The SMILES string of the molecule is O=C(/C=C/c1ccccc1Cl)NC(=S)Nc1ccc(S(=O)(=O)NCc2ccccc2)cc1. The summed E-state index contributed by atoms with van der Waals surface area (Å²) < 4.78 is 27.5. The van der Waals surface area contributed by atoms with Crippen molar-refractivity contribution in [2.75, 3.05) is 5.32 Å². The van der Waals surface area contributed by atoms with Crippen molar-refractivity contribution < 1.29 is 13.2 Å². The van der Waals surface area contributed by atoms with Gasteiger partial charge in [0.15, 0.2) is 5.11 Å². The smallest absolute Gasteiger partial charge is 0.250 e. The molecular formula is C23H20ClN3O3S2. The van der Waals surface area contributed by atoms with Gasteiger partial charge in [0.25, 0.3) is 0 Å². The van der Waals surface area contributed by atoms with E-state index in [4.69, 9.17) is 23.8 Å². The number of amides is 1. The first-order valence-corrected chi connectivity index (χ1v) is 11.8. The minimum absolute atomic E-state index is 0.0802. The molecule has 3 aromatic carbocycles. The number of benzene rings is 3. The van der Waals surface area contributed by atoms with Crippen LogP contribution in [0, 0.1) is 0 Å². The molecule has 1 amide bonds. The molecular weight excluding hydrogens is 466 g/mol. The zero-order chi connectivity index (χ0) is 23.0. The molecule has 0 saturated heterocycles. The second-order valence-corrected chi connectivity index (χ2v) is 9.22. The van der Waals surface area contributed by atoms with Gasteiger partial charge in [-0.25, -0.2) is 13.1 Å². The van der Waals surface area contributed by atoms with Gasteiger partial charge in [-0.05, 0) is 59.8 Å². The molecule has 0 fully saturated rings. The molecule has 0 aliphatic carbocycles. The van der Waals surface area contributed by atoms with Gasteiger partial charge in [0.2, 0.25) is 15.9 Å². The second kappa shape index (κ2) is 11.0. The Morgan fingerprint density at radius 3 is 2.28 bits per heavy atom. The Kier molecular flexibility index (Phi) is 8.13. The predicted octanol–water partition coefficient (Wildman–Crippen LogP) is 4.34. The van der Waals surface area contributed by atoms with Gasteiger partial charge in [0, 0.05) is 23.3 Å². The minimum Gasteiger partial charge on any atom is -0.332 e. The first kappa shape index (κ1) is 23.6. The van der Waals surface area contributed by atoms with Crippen LogP contribution >= 0.6 is 23.8 Å². The molecule has 0 aliphatic heterocycles. The summed E-state index contributed by atoms with van der Waals surface area (Å²) in [5, 5.41) is 5.98. The lowest BCUT2D eigenvalue weighted by Crippen LogP contribution is -2.32. The average Bonchev–Trinajstić information content (AvgIpc) is 2.78. The average molecular weight is 486 g/mol. The summed E-state index contributed by atoms with van der Waals surface area (Å²) in [7, 11) is -3.66. The van der Waals surface area contributed by atoms with Crippen molar-refractivity contribution in [2.45, 2.75) is 11.4 Å². The third kappa shape index (κ3) is 7.00. The molecule has 0 atom stereocenters. The molecule has 3 N–H and O–H groups in total. The zero-order valence-corrected chi connectivity index (χ0v) is 19.2. The van der Waals surface area contributed by atoms with Crippen molar-refractivity contribution in [3.8, 4) is 0 Å². The van der Waals surface area contributed by atoms with Crippen molar-refractivity contribution in [1.29, 1.82) is 0 Å². The summed E-state index contributed by atoms with van der Waals surface area (Å²) in [6.45, 7) is 0.195. The van der Waals surface area contributed by atoms with E-state index in [2.05, 4.69) is 15.4 Å². The van der Waals surface area contributed by atoms with Crippen molar-refractivity contribution in [3.63, 3.8) is 0 Å². The molecule has 6 nitrogen and oxygen atoms in total. The summed E-state index contributed by atoms with van der Waals surface area (Å²) >= 11 is 11.2. The van der Waals surface area contributed by atoms with Gasteiger partial charge in [-0.1, -0.05) is 60.1 Å². The van der Waals surface area contributed by atoms with Crippen molar-refractivity contribution in [3.05, 3.63) is 101 Å². The summed E-state index contributed by atoms with van der Waals surface area (Å²) in [6.07, 6.45) is 2.91. The fraction of sp³-hybridized carbons (Fsp3) is 0.0435. The van der Waals surface area contributed by atoms with Crippen LogP contribution < -0.4 is 15.4 Å². The molecule has 3 rings (SSSR count). The largest absolute Gasteiger partial charge is 0.332 e. The number of hydrogen-bond acceptors (Lipinski definition) is 4. The highest BCUT2D eigenvalue weighted by Gasteiger charge is 2.13. The summed E-state index contributed by atoms with van der Waals surface area (Å²) in [5.41, 5.74) is 2.10. The molecule has 0 aromatic heterocycles. The van der Waals surface area contributed by atoms with E-state index in [0.29, 0.717) is 16.3 Å². The van der Waals surface area contributed by atoms with Gasteiger partial charge < -0.3 is 5.32 Å². The Morgan fingerprint density at radius 2 is 1.59 bits per heavy atom. The van der Waals surface area contributed by atoms with E-state index in [0.717, 1.165) is 5.56 Å². The lowest BCUT2D eigenvalue weighted by molar-refractivity contribution is -0.115. The number of rotatable bonds is 7. The van der Waals surface area contributed by atoms with Gasteiger partial charge in [-0.2, -0.15) is 0 Å². The van der Waals surface area contributed by atoms with Gasteiger partial charge in [-0.15, -0.1) is 0 Å². The monoisotopic (exact) mass is 485 g/mol. The van der Waals surface area contributed by atoms with E-state index >= 15 is 0 Å². The molecule has 0 spiro atoms. The van der Waals surface area contributed by atoms with Crippen molar-refractivity contribution in [1.82, 2.24) is 10.0 Å². The number of thiocarbonyl (C=S) groups is 1. The third-order valence-corrected chi connectivity index (χ3v) is 6.25. The highest BCUT2D eigenvalue weighted by Crippen LogP contribution is 2.16. The first-order chi connectivity index (χ1) is 15.3. The highest BCUT2D eigenvalue weighted by molar-refractivity contribution is 7.89. The minimum atomic E-state index is -3.66. The molecule has 3 aromatic rings. The Labute approximate surface area is 197 Å². The number of hydrogen-bond donors (Lipinski definition) is 3. The Bertz CT molecular complexity index is 1230. The van der Waals surface area contributed by atoms with Crippen LogP contribution in [-0.2, 0) is 21.4 Å². The summed E-state index contributed by atoms with van der Waals surface area (Å²) in [6, 6.07) is 22.4. The van der Waals surface area contributed by atoms with Crippen molar-refractivity contribution >= 4 is 56.6 Å². The second-order valence-electron chi connectivity index (χ2n) is 6.63. The number of carbonyl (C=O) groups excluding carboxylic acids is 1. The number of nitrogens with one attached hydrogen (secondary N) is 3. The molecule has 0 radical (unpaired) electrons. The lowest BCUT2D eigenvalue weighted by Gasteiger charge is -2.10. The lowest BCUT2D eigenvalue weighted by atomic mass is 10.2. The molecule has 0 bridgehead atoms. The maximum Gasteiger partial charge on any atom is 0.250 e. The van der Waals surface area contributed by atoms with Crippen LogP contribution in [0.1, 0.15) is 11.1 Å². The Morgan fingerprint density at radius 1 is 0.938 bits per heavy atom. The van der Waals surface area contributed by atoms with E-state index in [1.54, 1.807) is 36.4 Å². The van der Waals surface area contributed by atoms with E-state index in [9.17, 15) is 13.2 Å². The molecule has 32 heavy (non-hydrogen) atoms. The van der Waals surface area contributed by atoms with Crippen LogP contribution in [-0.4, -0.2) is 19.4 Å². The number of anilines is 1. The maximum atomic E-state index is 12.5. The van der Waals surface area contributed by atoms with E-state index in [1.807, 2.05) is 36.4 Å². The Hall–Kier alpha value is -3.04. The van der Waals surface area contributed by atoms with E-state index in [1.165, 1.54) is 18.2 Å². The van der Waals surface area contributed by atoms with Crippen LogP contribution in [0.4, 0.5) is 5.69 Å². The van der Waals surface area contributed by atoms with Gasteiger partial charge in [-0.3, -0.25) is 10.1 Å². The predicted molar refractivity (Wildman–Crippen MR) is 132 cm³/mol. The van der Waals surface area contributed by atoms with Gasteiger partial charge >= 0.3 is 0 Å². The first-order valence-electron chi connectivity index (χ1n) is 9.52. The molecule has 0 unspecified atom stereocenters. The van der Waals surface area contributed by atoms with Crippen LogP contribution in [0.3, 0.4) is 0 Å². The van der Waals surface area contributed by atoms with E-state index in [-0.39, 0.29) is 16.6 Å². The number of carbonyl (C=O) groups is 1. The Balaban J connectivity index is 1.53. The molecule has 0 aliphatic rings. The standard InChI is InChI=1S/C23H20ClN3O3S2/c24-21-9-5-4-8-18(21)10-15-22(28)27-23(31)26-19-11-13-20(14-12-19)32(29,30)25-16-17-6-2-1-3-7-17/h1-15,25H,16H2,(H2,26,27,28,31)/b15-10+. The number of sulfonamides is 1. The molecule has 164 valence electrons. The fourth-order valence-electron chi connectivity index (χ4n) is 2.67. The third-order valence-electron chi connectivity index (χ3n) is 4.29. The van der Waals surface area contributed by atoms with Crippen LogP contribution in [0.2, 0.25) is 5.02 Å². The molecule has 0 heterocycles. The molecule has 0 saturated carbocycles. The quantitative estimate of drug-likeness (QED) is 0.342. The maximum absolute atomic E-state index is 12.5. The van der Waals surface area contributed by atoms with Crippen LogP contribution in [0.15, 0.2) is 89.8 Å². The topological polar surface area (TPSA) is 87.3 Å². The van der Waals surface area contributed by atoms with Crippen LogP contribution in [0.5, 0.6) is 0 Å². The number of halogens is 1. The van der Waals surface area contributed by atoms with E-state index < -0.39 is 15.9 Å². The zero-order valence-electron chi connectivity index (χ0n) is 16.8. The van der Waals surface area contributed by atoms with Gasteiger partial charge in [0.1, 0.15) is 0 Å². The fourth-order valence-corrected chi connectivity index (χ4v) is 4.10. The summed E-state index contributed by atoms with van der Waals surface area (Å²) in [5.74, 6) is -0.424.